The Kier molecular flexibility index (Phi) is 44.7. The summed E-state index contributed by atoms with van der Waals surface area (Å²) in [6, 6.07) is 58.5. The molecule has 10 nitrogen and oxygen atoms in total. The lowest BCUT2D eigenvalue weighted by atomic mass is 9.99. The first-order valence-corrected chi connectivity index (χ1v) is 32.6. The average molecular weight is 1240 g/mol. The summed E-state index contributed by atoms with van der Waals surface area (Å²) < 4.78 is 18.5. The van der Waals surface area contributed by atoms with Crippen LogP contribution >= 0.6 is 0 Å². The molecule has 8 atom stereocenters. The van der Waals surface area contributed by atoms with Crippen LogP contribution in [0.4, 0.5) is 9.59 Å². The number of ether oxygens (including phenoxy) is 4. The number of ketones is 1. The van der Waals surface area contributed by atoms with Crippen molar-refractivity contribution in [1.82, 2.24) is 0 Å². The van der Waals surface area contributed by atoms with E-state index in [2.05, 4.69) is 167 Å². The van der Waals surface area contributed by atoms with Crippen LogP contribution in [-0.2, 0) is 14.3 Å². The van der Waals surface area contributed by atoms with Crippen LogP contribution < -0.4 is 9.47 Å². The van der Waals surface area contributed by atoms with E-state index in [-0.39, 0.29) is 5.92 Å². The van der Waals surface area contributed by atoms with Crippen molar-refractivity contribution in [2.75, 3.05) is 14.2 Å². The number of methoxy groups -OCH3 is 2. The molecule has 0 spiro atoms. The summed E-state index contributed by atoms with van der Waals surface area (Å²) in [5, 5.41) is 27.0. The molecule has 3 N–H and O–H groups in total. The second kappa shape index (κ2) is 49.0. The van der Waals surface area contributed by atoms with Gasteiger partial charge in [-0.15, -0.1) is 0 Å². The van der Waals surface area contributed by atoms with Crippen molar-refractivity contribution in [1.29, 1.82) is 0 Å². The topological polar surface area (TPSA) is 149 Å². The van der Waals surface area contributed by atoms with E-state index in [0.717, 1.165) is 38.5 Å². The van der Waals surface area contributed by atoms with Gasteiger partial charge in [0.15, 0.2) is 0 Å². The van der Waals surface area contributed by atoms with Gasteiger partial charge in [0, 0.05) is 5.92 Å². The first-order chi connectivity index (χ1) is 42.9. The van der Waals surface area contributed by atoms with Crippen LogP contribution in [0, 0.1) is 5.92 Å². The largest absolute Gasteiger partial charge is 0.513 e. The third-order valence-corrected chi connectivity index (χ3v) is 16.4. The van der Waals surface area contributed by atoms with Crippen LogP contribution in [0.15, 0.2) is 182 Å². The zero-order valence-electron chi connectivity index (χ0n) is 58.3. The van der Waals surface area contributed by atoms with Crippen molar-refractivity contribution >= 4 is 18.1 Å². The summed E-state index contributed by atoms with van der Waals surface area (Å²) >= 11 is 0. The first-order valence-electron chi connectivity index (χ1n) is 32.6. The molecule has 7 aromatic carbocycles. The molecule has 7 rings (SSSR count). The Morgan fingerprint density at radius 3 is 0.644 bits per heavy atom. The zero-order chi connectivity index (χ0) is 68.0. The molecular formula is C80H114O10. The van der Waals surface area contributed by atoms with Gasteiger partial charge in [0.05, 0.1) is 14.2 Å². The number of aromatic hydroxyl groups is 3. The van der Waals surface area contributed by atoms with Crippen LogP contribution in [0.25, 0.3) is 0 Å². The number of hydrogen-bond acceptors (Lipinski definition) is 10. The van der Waals surface area contributed by atoms with Crippen molar-refractivity contribution in [2.45, 2.75) is 210 Å². The molecule has 0 aromatic heterocycles. The number of Topliss-reactive ketones (excluding diaryl/α,β-unsaturated/α-hetero) is 1. The van der Waals surface area contributed by atoms with Crippen molar-refractivity contribution in [3.05, 3.63) is 221 Å². The lowest BCUT2D eigenvalue weighted by molar-refractivity contribution is -0.120. The predicted octanol–water partition coefficient (Wildman–Crippen LogP) is 23.4. The summed E-state index contributed by atoms with van der Waals surface area (Å²) in [5.41, 5.74) is 9.28. The minimum absolute atomic E-state index is 0.264. The average Bonchev–Trinajstić information content (AvgIpc) is 3.77. The minimum atomic E-state index is -0.689. The quantitative estimate of drug-likeness (QED) is 0.0560. The number of carbonyl (C=O) groups is 3. The van der Waals surface area contributed by atoms with E-state index in [1.165, 1.54) is 66.0 Å². The van der Waals surface area contributed by atoms with Crippen LogP contribution in [0.3, 0.4) is 0 Å². The van der Waals surface area contributed by atoms with Crippen molar-refractivity contribution in [3.8, 4) is 28.7 Å². The SMILES string of the molecule is CCC(C)C(C)=O.CCC(C)c1ccc(O)cc1.CCC(C)c1ccc(O)cc1.CCC(C)c1ccc(O)cc1.CCC(C)c1ccc(OC(=O)OC)cc1.CCC(C)c1ccc(OC(=O)OC)cc1.CCC(C)c1ccccc1.CCC(C)c1ccccc1. The van der Waals surface area contributed by atoms with E-state index >= 15 is 0 Å². The number of rotatable bonds is 18. The zero-order valence-corrected chi connectivity index (χ0v) is 58.3. The van der Waals surface area contributed by atoms with Crippen molar-refractivity contribution < 1.29 is 48.7 Å². The molecule has 0 fully saturated rings. The Bertz CT molecular complexity index is 2640. The maximum Gasteiger partial charge on any atom is 0.513 e. The fraction of sp³-hybridized carbons (Fsp3) is 0.438. The van der Waals surface area contributed by atoms with Gasteiger partial charge in [-0.25, -0.2) is 9.59 Å². The molecule has 8 unspecified atom stereocenters. The highest BCUT2D eigenvalue weighted by Gasteiger charge is 2.09. The number of carbonyl (C=O) groups excluding carboxylic acids is 3. The number of phenols is 3. The standard InChI is InChI=1S/2C12H16O3.3C10H14O.2C10H14.C6H12O/c2*1-4-9(2)10-5-7-11(8-6-10)15-12(13)14-3;3*1-3-8(2)9-4-6-10(11)7-5-9;2*1-3-9(2)10-7-5-4-6-8-10;1-4-5(2)6(3)7/h2*5-9H,4H2,1-3H3;3*4-8,11H,3H2,1-2H3;2*4-9H,3H2,1-2H3;5H,4H2,1-3H3. The Hall–Kier alpha value is -7.85. The highest BCUT2D eigenvalue weighted by molar-refractivity contribution is 5.77. The minimum Gasteiger partial charge on any atom is -0.508 e. The monoisotopic (exact) mass is 1230 g/mol. The van der Waals surface area contributed by atoms with E-state index in [4.69, 9.17) is 24.8 Å². The molecule has 0 saturated heterocycles. The summed E-state index contributed by atoms with van der Waals surface area (Å²) in [6.45, 7) is 36.2. The van der Waals surface area contributed by atoms with Gasteiger partial charge in [0.25, 0.3) is 0 Å². The molecule has 10 heteroatoms. The smallest absolute Gasteiger partial charge is 0.508 e. The van der Waals surface area contributed by atoms with Gasteiger partial charge >= 0.3 is 12.3 Å². The predicted molar refractivity (Wildman–Crippen MR) is 377 cm³/mol. The summed E-state index contributed by atoms with van der Waals surface area (Å²) in [4.78, 5) is 32.0. The van der Waals surface area contributed by atoms with E-state index in [0.29, 0.717) is 76.0 Å². The van der Waals surface area contributed by atoms with Gasteiger partial charge in [-0.3, -0.25) is 4.79 Å². The molecular weight excluding hydrogens is 1120 g/mol. The van der Waals surface area contributed by atoms with Gasteiger partial charge in [-0.1, -0.05) is 232 Å². The molecule has 0 saturated carbocycles. The van der Waals surface area contributed by atoms with Gasteiger partial charge in [0.2, 0.25) is 0 Å². The van der Waals surface area contributed by atoms with Crippen molar-refractivity contribution in [2.24, 2.45) is 5.92 Å². The van der Waals surface area contributed by atoms with E-state index < -0.39 is 12.3 Å². The third kappa shape index (κ3) is 36.0. The van der Waals surface area contributed by atoms with Gasteiger partial charge in [0.1, 0.15) is 34.5 Å². The van der Waals surface area contributed by atoms with Crippen LogP contribution in [0.1, 0.15) is 249 Å². The maximum absolute atomic E-state index is 10.8. The molecule has 7 aromatic rings. The van der Waals surface area contributed by atoms with Gasteiger partial charge < -0.3 is 34.3 Å². The summed E-state index contributed by atoms with van der Waals surface area (Å²) in [7, 11) is 2.58. The third-order valence-electron chi connectivity index (χ3n) is 16.4. The van der Waals surface area contributed by atoms with Gasteiger partial charge in [-0.2, -0.15) is 0 Å². The normalized spacial score (nSPS) is 12.7. The van der Waals surface area contributed by atoms with Gasteiger partial charge in [-0.05, 0) is 199 Å². The maximum atomic E-state index is 10.8. The Morgan fingerprint density at radius 1 is 0.300 bits per heavy atom. The van der Waals surface area contributed by atoms with E-state index in [9.17, 15) is 14.4 Å². The second-order valence-electron chi connectivity index (χ2n) is 22.9. The Morgan fingerprint density at radius 2 is 0.489 bits per heavy atom. The highest BCUT2D eigenvalue weighted by Crippen LogP contribution is 2.26. The molecule has 0 aliphatic rings. The Labute approximate surface area is 544 Å². The fourth-order valence-electron chi connectivity index (χ4n) is 7.91. The lowest BCUT2D eigenvalue weighted by Crippen LogP contribution is -2.07. The summed E-state index contributed by atoms with van der Waals surface area (Å²) in [5.74, 6) is 6.86. The molecule has 0 radical (unpaired) electrons. The number of benzene rings is 7. The van der Waals surface area contributed by atoms with Crippen LogP contribution in [0.5, 0.6) is 28.7 Å². The molecule has 90 heavy (non-hydrogen) atoms. The molecule has 0 amide bonds. The second-order valence-corrected chi connectivity index (χ2v) is 22.9. The molecule has 0 aliphatic heterocycles. The molecule has 0 heterocycles. The fourth-order valence-corrected chi connectivity index (χ4v) is 7.91. The highest BCUT2D eigenvalue weighted by atomic mass is 16.7. The first kappa shape index (κ1) is 82.1. The molecule has 494 valence electrons. The number of phenolic OH excluding ortho intramolecular Hbond substituents is 3. The Balaban J connectivity index is 0.00000101. The van der Waals surface area contributed by atoms with E-state index in [1.807, 2.05) is 74.5 Å². The van der Waals surface area contributed by atoms with E-state index in [1.54, 1.807) is 67.6 Å². The van der Waals surface area contributed by atoms with Crippen molar-refractivity contribution in [3.63, 3.8) is 0 Å². The summed E-state index contributed by atoms with van der Waals surface area (Å²) in [6.07, 6.45) is 7.66. The molecule has 0 aliphatic carbocycles. The van der Waals surface area contributed by atoms with Crippen LogP contribution in [-0.4, -0.2) is 47.6 Å². The number of hydrogen-bond donors (Lipinski definition) is 3. The van der Waals surface area contributed by atoms with Crippen LogP contribution in [0.2, 0.25) is 0 Å². The lowest BCUT2D eigenvalue weighted by Gasteiger charge is -2.09. The molecule has 0 bridgehead atoms.